The molecular formula is C14H19NO5S. The van der Waals surface area contributed by atoms with Gasteiger partial charge in [0.15, 0.2) is 0 Å². The van der Waals surface area contributed by atoms with Crippen molar-refractivity contribution in [3.63, 3.8) is 0 Å². The van der Waals surface area contributed by atoms with Crippen molar-refractivity contribution < 1.29 is 23.1 Å². The van der Waals surface area contributed by atoms with E-state index in [0.717, 1.165) is 18.9 Å². The lowest BCUT2D eigenvalue weighted by atomic mass is 10.1. The summed E-state index contributed by atoms with van der Waals surface area (Å²) in [5.41, 5.74) is -0.171. The highest BCUT2D eigenvalue weighted by Crippen LogP contribution is 2.36. The number of nitrogens with one attached hydrogen (secondary N) is 1. The van der Waals surface area contributed by atoms with Crippen LogP contribution in [0.15, 0.2) is 23.1 Å². The molecule has 7 heteroatoms. The van der Waals surface area contributed by atoms with Gasteiger partial charge in [0.05, 0.1) is 12.0 Å². The van der Waals surface area contributed by atoms with Crippen molar-refractivity contribution >= 4 is 16.0 Å². The number of carboxylic acid groups (broad SMARTS) is 1. The molecule has 0 aromatic heterocycles. The van der Waals surface area contributed by atoms with Crippen LogP contribution in [0.25, 0.3) is 0 Å². The van der Waals surface area contributed by atoms with Crippen LogP contribution in [0.3, 0.4) is 0 Å². The minimum atomic E-state index is -3.71. The van der Waals surface area contributed by atoms with E-state index < -0.39 is 16.0 Å². The molecule has 0 bridgehead atoms. The summed E-state index contributed by atoms with van der Waals surface area (Å²) in [6.07, 6.45) is 2.29. The summed E-state index contributed by atoms with van der Waals surface area (Å²) in [4.78, 5) is 11.1. The number of methoxy groups -OCH3 is 1. The highest BCUT2D eigenvalue weighted by molar-refractivity contribution is 7.89. The van der Waals surface area contributed by atoms with Crippen LogP contribution < -0.4 is 9.46 Å². The average molecular weight is 313 g/mol. The summed E-state index contributed by atoms with van der Waals surface area (Å²) in [7, 11) is -2.37. The maximum Gasteiger partial charge on any atom is 0.339 e. The Kier molecular flexibility index (Phi) is 4.53. The number of hydrogen-bond acceptors (Lipinski definition) is 4. The van der Waals surface area contributed by atoms with E-state index in [2.05, 4.69) is 4.72 Å². The number of rotatable bonds is 7. The number of ether oxygens (including phenoxy) is 1. The van der Waals surface area contributed by atoms with Gasteiger partial charge in [0.1, 0.15) is 11.3 Å². The third-order valence-electron chi connectivity index (χ3n) is 3.73. The first-order valence-electron chi connectivity index (χ1n) is 6.76. The number of sulfonamides is 1. The van der Waals surface area contributed by atoms with Gasteiger partial charge in [-0.1, -0.05) is 6.92 Å². The number of hydrogen-bond donors (Lipinski definition) is 2. The third kappa shape index (κ3) is 3.74. The van der Waals surface area contributed by atoms with E-state index in [1.165, 1.54) is 19.2 Å². The van der Waals surface area contributed by atoms with Gasteiger partial charge in [-0.15, -0.1) is 0 Å². The standard InChI is InChI=1S/C14H19NO5S/c1-9(10-3-4-10)8-15-21(18,19)11-5-6-13(20-2)12(7-11)14(16)17/h5-7,9-10,15H,3-4,8H2,1-2H3,(H,16,17). The minimum absolute atomic E-state index is 0.0660. The molecular weight excluding hydrogens is 294 g/mol. The van der Waals surface area contributed by atoms with Gasteiger partial charge >= 0.3 is 5.97 Å². The van der Waals surface area contributed by atoms with Gasteiger partial charge in [0, 0.05) is 6.54 Å². The molecule has 1 aromatic carbocycles. The molecule has 1 aliphatic rings. The van der Waals surface area contributed by atoms with Gasteiger partial charge < -0.3 is 9.84 Å². The van der Waals surface area contributed by atoms with E-state index in [-0.39, 0.29) is 22.1 Å². The van der Waals surface area contributed by atoms with E-state index in [1.807, 2.05) is 6.92 Å². The molecule has 1 aromatic rings. The second kappa shape index (κ2) is 6.03. The van der Waals surface area contributed by atoms with Crippen LogP contribution >= 0.6 is 0 Å². The predicted octanol–water partition coefficient (Wildman–Crippen LogP) is 1.72. The average Bonchev–Trinajstić information content (AvgIpc) is 3.28. The zero-order valence-corrected chi connectivity index (χ0v) is 12.8. The maximum absolute atomic E-state index is 12.2. The Morgan fingerprint density at radius 3 is 2.67 bits per heavy atom. The summed E-state index contributed by atoms with van der Waals surface area (Å²) < 4.78 is 31.9. The van der Waals surface area contributed by atoms with E-state index in [1.54, 1.807) is 0 Å². The lowest BCUT2D eigenvalue weighted by Gasteiger charge is -2.13. The van der Waals surface area contributed by atoms with Crippen LogP contribution in [-0.2, 0) is 10.0 Å². The molecule has 0 saturated heterocycles. The Morgan fingerprint density at radius 2 is 2.14 bits per heavy atom. The van der Waals surface area contributed by atoms with Crippen molar-refractivity contribution in [2.45, 2.75) is 24.7 Å². The molecule has 116 valence electrons. The largest absolute Gasteiger partial charge is 0.496 e. The SMILES string of the molecule is COc1ccc(S(=O)(=O)NCC(C)C2CC2)cc1C(=O)O. The Morgan fingerprint density at radius 1 is 1.48 bits per heavy atom. The Bertz CT molecular complexity index is 637. The lowest BCUT2D eigenvalue weighted by Crippen LogP contribution is -2.29. The van der Waals surface area contributed by atoms with Crippen molar-refractivity contribution in [3.8, 4) is 5.75 Å². The van der Waals surface area contributed by atoms with E-state index in [4.69, 9.17) is 9.84 Å². The lowest BCUT2D eigenvalue weighted by molar-refractivity contribution is 0.0693. The van der Waals surface area contributed by atoms with E-state index in [0.29, 0.717) is 12.5 Å². The van der Waals surface area contributed by atoms with Gasteiger partial charge in [-0.05, 0) is 42.9 Å². The molecule has 1 fully saturated rings. The summed E-state index contributed by atoms with van der Waals surface area (Å²) >= 11 is 0. The second-order valence-electron chi connectivity index (χ2n) is 5.33. The third-order valence-corrected chi connectivity index (χ3v) is 5.15. The molecule has 2 rings (SSSR count). The molecule has 0 heterocycles. The van der Waals surface area contributed by atoms with Gasteiger partial charge in [-0.2, -0.15) is 0 Å². The van der Waals surface area contributed by atoms with Crippen molar-refractivity contribution in [2.24, 2.45) is 11.8 Å². The Balaban J connectivity index is 2.18. The van der Waals surface area contributed by atoms with E-state index in [9.17, 15) is 13.2 Å². The smallest absolute Gasteiger partial charge is 0.339 e. The number of carboxylic acids is 1. The molecule has 1 unspecified atom stereocenters. The fraction of sp³-hybridized carbons (Fsp3) is 0.500. The zero-order chi connectivity index (χ0) is 15.6. The summed E-state index contributed by atoms with van der Waals surface area (Å²) in [6.45, 7) is 2.37. The molecule has 1 atom stereocenters. The molecule has 1 aliphatic carbocycles. The number of aromatic carboxylic acids is 1. The fourth-order valence-electron chi connectivity index (χ4n) is 2.18. The fourth-order valence-corrected chi connectivity index (χ4v) is 3.35. The topological polar surface area (TPSA) is 92.7 Å². The highest BCUT2D eigenvalue weighted by atomic mass is 32.2. The molecule has 21 heavy (non-hydrogen) atoms. The first-order chi connectivity index (χ1) is 9.85. The second-order valence-corrected chi connectivity index (χ2v) is 7.10. The summed E-state index contributed by atoms with van der Waals surface area (Å²) in [5, 5.41) is 9.09. The molecule has 0 radical (unpaired) electrons. The predicted molar refractivity (Wildman–Crippen MR) is 77.0 cm³/mol. The first kappa shape index (κ1) is 15.8. The highest BCUT2D eigenvalue weighted by Gasteiger charge is 2.29. The summed E-state index contributed by atoms with van der Waals surface area (Å²) in [5.74, 6) is -0.210. The van der Waals surface area contributed by atoms with Crippen LogP contribution in [-0.4, -0.2) is 33.1 Å². The number of benzene rings is 1. The molecule has 2 N–H and O–H groups in total. The van der Waals surface area contributed by atoms with Crippen molar-refractivity contribution in [1.29, 1.82) is 0 Å². The molecule has 0 amide bonds. The zero-order valence-electron chi connectivity index (χ0n) is 12.0. The molecule has 0 aliphatic heterocycles. The van der Waals surface area contributed by atoms with Crippen LogP contribution in [0.2, 0.25) is 0 Å². The van der Waals surface area contributed by atoms with Gasteiger partial charge in [-0.3, -0.25) is 0 Å². The molecule has 1 saturated carbocycles. The minimum Gasteiger partial charge on any atom is -0.496 e. The molecule has 0 spiro atoms. The summed E-state index contributed by atoms with van der Waals surface area (Å²) in [6, 6.07) is 3.81. The first-order valence-corrected chi connectivity index (χ1v) is 8.24. The van der Waals surface area contributed by atoms with Crippen LogP contribution in [0, 0.1) is 11.8 Å². The van der Waals surface area contributed by atoms with Crippen molar-refractivity contribution in [3.05, 3.63) is 23.8 Å². The van der Waals surface area contributed by atoms with Gasteiger partial charge in [0.2, 0.25) is 10.0 Å². The molecule has 6 nitrogen and oxygen atoms in total. The maximum atomic E-state index is 12.2. The van der Waals surface area contributed by atoms with E-state index >= 15 is 0 Å². The Hall–Kier alpha value is -1.60. The van der Waals surface area contributed by atoms with Crippen LogP contribution in [0.1, 0.15) is 30.1 Å². The normalized spacial score (nSPS) is 16.5. The van der Waals surface area contributed by atoms with Crippen molar-refractivity contribution in [1.82, 2.24) is 4.72 Å². The van der Waals surface area contributed by atoms with Gasteiger partial charge in [0.25, 0.3) is 0 Å². The quantitative estimate of drug-likeness (QED) is 0.799. The van der Waals surface area contributed by atoms with Crippen molar-refractivity contribution in [2.75, 3.05) is 13.7 Å². The van der Waals surface area contributed by atoms with Crippen LogP contribution in [0.4, 0.5) is 0 Å². The number of carbonyl (C=O) groups is 1. The van der Waals surface area contributed by atoms with Gasteiger partial charge in [-0.25, -0.2) is 17.9 Å². The Labute approximate surface area is 124 Å². The van der Waals surface area contributed by atoms with Crippen LogP contribution in [0.5, 0.6) is 5.75 Å². The monoisotopic (exact) mass is 313 g/mol.